The molecule has 1 amide bonds. The number of halogens is 2. The maximum absolute atomic E-state index is 14.5. The van der Waals surface area contributed by atoms with E-state index in [4.69, 9.17) is 4.74 Å². The first-order chi connectivity index (χ1) is 16.9. The molecule has 2 aromatic heterocycles. The van der Waals surface area contributed by atoms with Crippen LogP contribution in [0, 0.1) is 17.6 Å². The monoisotopic (exact) mass is 480 g/mol. The second-order valence-corrected chi connectivity index (χ2v) is 8.95. The molecule has 0 radical (unpaired) electrons. The molecule has 2 aliphatic heterocycles. The van der Waals surface area contributed by atoms with Crippen molar-refractivity contribution in [2.24, 2.45) is 5.92 Å². The van der Waals surface area contributed by atoms with Crippen molar-refractivity contribution < 1.29 is 18.3 Å². The number of nitrogens with zero attached hydrogens (tertiary/aromatic N) is 6. The fourth-order valence-corrected chi connectivity index (χ4v) is 4.60. The number of carbonyl (C=O) groups is 1. The fourth-order valence-electron chi connectivity index (χ4n) is 4.60. The minimum Gasteiger partial charge on any atom is -0.490 e. The van der Waals surface area contributed by atoms with Crippen molar-refractivity contribution >= 4 is 11.6 Å². The molecule has 0 N–H and O–H groups in total. The number of likely N-dealkylation sites (tertiary alicyclic amines) is 1. The van der Waals surface area contributed by atoms with Crippen LogP contribution in [0.2, 0.25) is 0 Å². The lowest BCUT2D eigenvalue weighted by atomic mass is 9.97. The number of rotatable bonds is 6. The Labute approximate surface area is 202 Å². The van der Waals surface area contributed by atoms with Gasteiger partial charge in [-0.2, -0.15) is 4.39 Å². The molecule has 1 saturated heterocycles. The molecule has 1 aromatic carbocycles. The average molecular weight is 481 g/mol. The zero-order chi connectivity index (χ0) is 24.5. The van der Waals surface area contributed by atoms with Crippen LogP contribution in [0.4, 0.5) is 14.5 Å². The van der Waals surface area contributed by atoms with Gasteiger partial charge in [-0.1, -0.05) is 0 Å². The smallest absolute Gasteiger partial charge is 0.219 e. The maximum atomic E-state index is 14.5. The highest BCUT2D eigenvalue weighted by Gasteiger charge is 2.30. The number of amides is 1. The lowest BCUT2D eigenvalue weighted by Gasteiger charge is -2.38. The molecule has 0 aliphatic carbocycles. The summed E-state index contributed by atoms with van der Waals surface area (Å²) in [5, 5.41) is 0. The molecule has 1 atom stereocenters. The molecule has 10 heteroatoms. The highest BCUT2D eigenvalue weighted by molar-refractivity contribution is 5.74. The van der Waals surface area contributed by atoms with Gasteiger partial charge in [-0.15, -0.1) is 0 Å². The number of anilines is 1. The van der Waals surface area contributed by atoms with E-state index < -0.39 is 11.6 Å². The van der Waals surface area contributed by atoms with Crippen molar-refractivity contribution in [3.63, 3.8) is 0 Å². The first-order valence-corrected chi connectivity index (χ1v) is 11.7. The molecule has 3 aromatic rings. The normalized spacial score (nSPS) is 17.7. The lowest BCUT2D eigenvalue weighted by Crippen LogP contribution is -2.49. The summed E-state index contributed by atoms with van der Waals surface area (Å²) in [4.78, 5) is 32.6. The van der Waals surface area contributed by atoms with Crippen molar-refractivity contribution in [3.8, 4) is 17.4 Å². The number of fused-ring (bicyclic) bond motifs is 1. The third-order valence-corrected chi connectivity index (χ3v) is 6.67. The topological polar surface area (TPSA) is 84.3 Å². The van der Waals surface area contributed by atoms with E-state index in [0.717, 1.165) is 11.3 Å². The first kappa shape index (κ1) is 23.1. The lowest BCUT2D eigenvalue weighted by molar-refractivity contribution is -0.135. The van der Waals surface area contributed by atoms with Gasteiger partial charge in [-0.3, -0.25) is 4.79 Å². The zero-order valence-electron chi connectivity index (χ0n) is 19.6. The Hall–Kier alpha value is -3.69. The second kappa shape index (κ2) is 9.52. The van der Waals surface area contributed by atoms with E-state index in [9.17, 15) is 13.6 Å². The third kappa shape index (κ3) is 4.65. The van der Waals surface area contributed by atoms with Crippen LogP contribution in [0.3, 0.4) is 0 Å². The Morgan fingerprint density at radius 3 is 2.66 bits per heavy atom. The highest BCUT2D eigenvalue weighted by atomic mass is 19.2. The van der Waals surface area contributed by atoms with Crippen LogP contribution in [0.1, 0.15) is 37.6 Å². The van der Waals surface area contributed by atoms with Crippen molar-refractivity contribution in [2.45, 2.75) is 32.7 Å². The molecule has 1 unspecified atom stereocenters. The second-order valence-electron chi connectivity index (χ2n) is 8.95. The van der Waals surface area contributed by atoms with Crippen LogP contribution in [0.15, 0.2) is 36.8 Å². The Kier molecular flexibility index (Phi) is 6.27. The van der Waals surface area contributed by atoms with Crippen LogP contribution in [-0.2, 0) is 11.2 Å². The van der Waals surface area contributed by atoms with Gasteiger partial charge in [0, 0.05) is 75.0 Å². The summed E-state index contributed by atoms with van der Waals surface area (Å²) in [6.07, 6.45) is 6.33. The van der Waals surface area contributed by atoms with Gasteiger partial charge in [0.25, 0.3) is 0 Å². The number of benzene rings is 1. The maximum Gasteiger partial charge on any atom is 0.219 e. The Balaban J connectivity index is 1.29. The van der Waals surface area contributed by atoms with Gasteiger partial charge in [0.2, 0.25) is 11.7 Å². The van der Waals surface area contributed by atoms with Crippen LogP contribution in [0.25, 0.3) is 11.6 Å². The van der Waals surface area contributed by atoms with E-state index in [0.29, 0.717) is 55.7 Å². The van der Waals surface area contributed by atoms with Gasteiger partial charge < -0.3 is 14.5 Å². The van der Waals surface area contributed by atoms with Crippen LogP contribution in [0.5, 0.6) is 5.75 Å². The van der Waals surface area contributed by atoms with E-state index in [1.54, 1.807) is 42.5 Å². The predicted octanol–water partition coefficient (Wildman–Crippen LogP) is 3.58. The fraction of sp³-hybridized carbons (Fsp3) is 0.400. The van der Waals surface area contributed by atoms with E-state index >= 15 is 0 Å². The van der Waals surface area contributed by atoms with Gasteiger partial charge >= 0.3 is 0 Å². The molecule has 8 nitrogen and oxygen atoms in total. The summed E-state index contributed by atoms with van der Waals surface area (Å²) in [5.41, 5.74) is 2.35. The number of hydrogen-bond donors (Lipinski definition) is 0. The summed E-state index contributed by atoms with van der Waals surface area (Å²) < 4.78 is 34.6. The summed E-state index contributed by atoms with van der Waals surface area (Å²) in [7, 11) is 0. The van der Waals surface area contributed by atoms with Gasteiger partial charge in [0.05, 0.1) is 18.3 Å². The van der Waals surface area contributed by atoms with Gasteiger partial charge in [0.1, 0.15) is 0 Å². The highest BCUT2D eigenvalue weighted by Crippen LogP contribution is 2.36. The predicted molar refractivity (Wildman–Crippen MR) is 125 cm³/mol. The van der Waals surface area contributed by atoms with Gasteiger partial charge in [-0.05, 0) is 25.3 Å². The molecular formula is C25H26F2N6O2. The molecule has 0 bridgehead atoms. The van der Waals surface area contributed by atoms with E-state index in [1.807, 2.05) is 11.8 Å². The molecule has 35 heavy (non-hydrogen) atoms. The van der Waals surface area contributed by atoms with Crippen LogP contribution < -0.4 is 9.64 Å². The third-order valence-electron chi connectivity index (χ3n) is 6.67. The molecule has 1 fully saturated rings. The molecule has 2 aliphatic rings. The summed E-state index contributed by atoms with van der Waals surface area (Å²) in [5.74, 6) is -0.748. The molecular weight excluding hydrogens is 454 g/mol. The minimum atomic E-state index is -0.992. The molecule has 0 saturated carbocycles. The minimum absolute atomic E-state index is 0.0511. The van der Waals surface area contributed by atoms with Crippen molar-refractivity contribution in [1.82, 2.24) is 24.8 Å². The molecule has 0 spiro atoms. The van der Waals surface area contributed by atoms with E-state index in [1.165, 1.54) is 6.07 Å². The van der Waals surface area contributed by atoms with Crippen molar-refractivity contribution in [3.05, 3.63) is 59.7 Å². The molecule has 5 rings (SSSR count). The zero-order valence-corrected chi connectivity index (χ0v) is 19.6. The number of hydrogen-bond acceptors (Lipinski definition) is 7. The number of ether oxygens (including phenoxy) is 1. The van der Waals surface area contributed by atoms with Crippen molar-refractivity contribution in [1.29, 1.82) is 0 Å². The van der Waals surface area contributed by atoms with Crippen molar-refractivity contribution in [2.75, 3.05) is 31.1 Å². The number of aromatic nitrogens is 4. The number of carbonyl (C=O) groups excluding carboxylic acids is 1. The van der Waals surface area contributed by atoms with Gasteiger partial charge in [-0.25, -0.2) is 24.3 Å². The SMILES string of the molecule is CC(=O)N1CC(CCOc2cc(N3CCc4nc(-c5ncccn5)ncc4C3C)cc(F)c2F)C1. The Morgan fingerprint density at radius 1 is 1.14 bits per heavy atom. The largest absolute Gasteiger partial charge is 0.490 e. The summed E-state index contributed by atoms with van der Waals surface area (Å²) >= 11 is 0. The molecule has 4 heterocycles. The average Bonchev–Trinajstić information content (AvgIpc) is 2.83. The Bertz CT molecular complexity index is 1240. The van der Waals surface area contributed by atoms with E-state index in [2.05, 4.69) is 19.9 Å². The van der Waals surface area contributed by atoms with E-state index in [-0.39, 0.29) is 24.3 Å². The first-order valence-electron chi connectivity index (χ1n) is 11.7. The quantitative estimate of drug-likeness (QED) is 0.533. The van der Waals surface area contributed by atoms with Crippen LogP contribution >= 0.6 is 0 Å². The Morgan fingerprint density at radius 2 is 1.91 bits per heavy atom. The molecule has 182 valence electrons. The summed E-state index contributed by atoms with van der Waals surface area (Å²) in [6.45, 7) is 5.72. The van der Waals surface area contributed by atoms with Crippen LogP contribution in [-0.4, -0.2) is 57.0 Å². The summed E-state index contributed by atoms with van der Waals surface area (Å²) in [6, 6.07) is 4.34. The van der Waals surface area contributed by atoms with Gasteiger partial charge in [0.15, 0.2) is 23.2 Å². The standard InChI is InChI=1S/C25H26F2N6O2/c1-15-19-12-30-25(24-28-6-3-7-29-24)31-21(19)4-8-33(15)18-10-20(26)23(27)22(11-18)35-9-5-17-13-32(14-17)16(2)34/h3,6-7,10-12,15,17H,4-5,8-9,13-14H2,1-2H3.